The van der Waals surface area contributed by atoms with Gasteiger partial charge in [-0.25, -0.2) is 22.9 Å². The maximum absolute atomic E-state index is 13.7. The van der Waals surface area contributed by atoms with Gasteiger partial charge in [0.1, 0.15) is 6.33 Å². The number of hydrogen-bond acceptors (Lipinski definition) is 7. The number of sulfonamides is 1. The number of nitriles is 1. The number of rotatable bonds is 5. The molecule has 3 aliphatic rings. The Kier molecular flexibility index (Phi) is 4.56. The van der Waals surface area contributed by atoms with E-state index in [1.54, 1.807) is 29.9 Å². The monoisotopic (exact) mass is 459 g/mol. The van der Waals surface area contributed by atoms with Crippen LogP contribution >= 0.6 is 0 Å². The number of aromatic nitrogens is 4. The third-order valence-corrected chi connectivity index (χ3v) is 9.33. The lowest BCUT2D eigenvalue weighted by molar-refractivity contribution is 0.0774. The van der Waals surface area contributed by atoms with Crippen LogP contribution in [0.1, 0.15) is 31.2 Å². The van der Waals surface area contributed by atoms with Gasteiger partial charge in [-0.15, -0.1) is 0 Å². The van der Waals surface area contributed by atoms with Gasteiger partial charge in [0.05, 0.1) is 51.8 Å². The lowest BCUT2D eigenvalue weighted by atomic mass is 9.39. The molecule has 2 aromatic heterocycles. The highest BCUT2D eigenvalue weighted by Gasteiger charge is 2.65. The van der Waals surface area contributed by atoms with Crippen LogP contribution in [0.3, 0.4) is 0 Å². The number of hydrogen-bond donors (Lipinski definition) is 1. The normalized spacial score (nSPS) is 24.6. The highest BCUT2D eigenvalue weighted by molar-refractivity contribution is 7.89. The second-order valence-electron chi connectivity index (χ2n) is 10.4. The molecule has 0 saturated heterocycles. The van der Waals surface area contributed by atoms with E-state index in [-0.39, 0.29) is 21.2 Å². The average molecular weight is 459 g/mol. The van der Waals surface area contributed by atoms with Gasteiger partial charge in [0.25, 0.3) is 0 Å². The lowest BCUT2D eigenvalue weighted by Crippen LogP contribution is -2.55. The van der Waals surface area contributed by atoms with Gasteiger partial charge in [-0.05, 0) is 37.8 Å². The molecule has 3 aromatic rings. The van der Waals surface area contributed by atoms with E-state index in [2.05, 4.69) is 44.7 Å². The van der Waals surface area contributed by atoms with Crippen LogP contribution in [-0.4, -0.2) is 68.4 Å². The standard InChI is InChI=1S/C20H24B3N7O2S/c1-29(19-5-4-18(8-19,9-19)10-24)33(31,32)12-2-3-14(20(21,22)23)13(6-12)15-7-26-17-16(25)27-11-28-30(15)17/h2-3,6-7,11H,4-5,8-9,21-23H2,1H3,(H2,25,27,28). The predicted molar refractivity (Wildman–Crippen MR) is 132 cm³/mol. The minimum atomic E-state index is -3.78. The fourth-order valence-electron chi connectivity index (χ4n) is 5.53. The van der Waals surface area contributed by atoms with Gasteiger partial charge in [-0.1, -0.05) is 16.7 Å². The summed E-state index contributed by atoms with van der Waals surface area (Å²) in [7, 11) is 4.09. The van der Waals surface area contributed by atoms with Crippen molar-refractivity contribution in [3.8, 4) is 17.3 Å². The zero-order valence-electron chi connectivity index (χ0n) is 19.2. The molecule has 0 radical (unpaired) electrons. The number of nitrogen functional groups attached to an aromatic ring is 1. The molecule has 0 atom stereocenters. The quantitative estimate of drug-likeness (QED) is 0.477. The SMILES string of the molecule is BC(B)(B)c1ccc(S(=O)(=O)N(C)C23CCC(C#N)(C2)C3)cc1-c1cnc2c(N)ncnn12. The summed E-state index contributed by atoms with van der Waals surface area (Å²) >= 11 is 0. The first-order chi connectivity index (χ1) is 15.4. The predicted octanol–water partition coefficient (Wildman–Crippen LogP) is -1.16. The van der Waals surface area contributed by atoms with Crippen LogP contribution in [0, 0.1) is 16.7 Å². The molecule has 1 aromatic carbocycles. The Morgan fingerprint density at radius 3 is 2.61 bits per heavy atom. The lowest BCUT2D eigenvalue weighted by Gasteiger charge is -2.48. The molecule has 33 heavy (non-hydrogen) atoms. The van der Waals surface area contributed by atoms with E-state index in [0.717, 1.165) is 17.5 Å². The second kappa shape index (κ2) is 6.84. The van der Waals surface area contributed by atoms with Crippen molar-refractivity contribution in [1.29, 1.82) is 5.26 Å². The number of fused-ring (bicyclic) bond motifs is 2. The van der Waals surface area contributed by atoms with Crippen LogP contribution in [0.4, 0.5) is 5.82 Å². The van der Waals surface area contributed by atoms with Crippen molar-refractivity contribution in [1.82, 2.24) is 23.9 Å². The van der Waals surface area contributed by atoms with Crippen molar-refractivity contribution < 1.29 is 8.42 Å². The van der Waals surface area contributed by atoms with Gasteiger partial charge >= 0.3 is 0 Å². The smallest absolute Gasteiger partial charge is 0.243 e. The Bertz CT molecular complexity index is 1440. The topological polar surface area (TPSA) is 130 Å². The van der Waals surface area contributed by atoms with Crippen LogP contribution in [0.25, 0.3) is 16.9 Å². The molecular formula is C20H24B3N7O2S. The highest BCUT2D eigenvalue weighted by atomic mass is 32.2. The molecule has 9 nitrogen and oxygen atoms in total. The first-order valence-corrected chi connectivity index (χ1v) is 12.4. The fourth-order valence-corrected chi connectivity index (χ4v) is 7.08. The number of nitrogens with two attached hydrogens (primary N) is 1. The van der Waals surface area contributed by atoms with Gasteiger partial charge in [0.2, 0.25) is 10.0 Å². The molecule has 3 saturated carbocycles. The third kappa shape index (κ3) is 3.11. The van der Waals surface area contributed by atoms with Gasteiger partial charge in [-0.3, -0.25) is 0 Å². The summed E-state index contributed by atoms with van der Waals surface area (Å²) in [5.74, 6) is 0.253. The van der Waals surface area contributed by atoms with E-state index >= 15 is 0 Å². The molecule has 6 rings (SSSR count). The summed E-state index contributed by atoms with van der Waals surface area (Å²) < 4.78 is 30.5. The number of benzene rings is 1. The Hall–Kier alpha value is -2.84. The maximum Gasteiger partial charge on any atom is 0.243 e. The molecule has 0 unspecified atom stereocenters. The van der Waals surface area contributed by atoms with Gasteiger partial charge < -0.3 is 5.73 Å². The molecular weight excluding hydrogens is 435 g/mol. The molecule has 2 N–H and O–H groups in total. The molecule has 0 aliphatic heterocycles. The zero-order valence-corrected chi connectivity index (χ0v) is 20.0. The minimum Gasteiger partial charge on any atom is -0.381 e. The molecule has 0 amide bonds. The Morgan fingerprint density at radius 2 is 1.97 bits per heavy atom. The largest absolute Gasteiger partial charge is 0.381 e. The summed E-state index contributed by atoms with van der Waals surface area (Å²) in [6, 6.07) is 7.64. The van der Waals surface area contributed by atoms with Crippen molar-refractivity contribution in [2.45, 2.75) is 41.2 Å². The van der Waals surface area contributed by atoms with E-state index in [0.29, 0.717) is 30.6 Å². The third-order valence-electron chi connectivity index (χ3n) is 7.37. The van der Waals surface area contributed by atoms with Gasteiger partial charge in [0, 0.05) is 18.2 Å². The highest BCUT2D eigenvalue weighted by Crippen LogP contribution is 2.64. The number of nitrogens with zero attached hydrogens (tertiary/aromatic N) is 6. The van der Waals surface area contributed by atoms with Crippen LogP contribution in [0.2, 0.25) is 0 Å². The molecule has 2 bridgehead atoms. The van der Waals surface area contributed by atoms with E-state index in [1.807, 2.05) is 6.07 Å². The maximum atomic E-state index is 13.7. The van der Waals surface area contributed by atoms with Crippen LogP contribution in [0.5, 0.6) is 0 Å². The Labute approximate surface area is 195 Å². The van der Waals surface area contributed by atoms with E-state index in [9.17, 15) is 13.7 Å². The molecule has 166 valence electrons. The van der Waals surface area contributed by atoms with Crippen molar-refractivity contribution in [2.75, 3.05) is 12.8 Å². The number of anilines is 1. The van der Waals surface area contributed by atoms with Crippen molar-refractivity contribution in [3.05, 3.63) is 36.3 Å². The van der Waals surface area contributed by atoms with Crippen molar-refractivity contribution >= 4 is 45.0 Å². The van der Waals surface area contributed by atoms with E-state index < -0.39 is 15.6 Å². The minimum absolute atomic E-state index is 0.209. The van der Waals surface area contributed by atoms with Crippen molar-refractivity contribution in [3.63, 3.8) is 0 Å². The summed E-state index contributed by atoms with van der Waals surface area (Å²) in [5.41, 5.74) is 7.90. The first-order valence-electron chi connectivity index (χ1n) is 10.9. The van der Waals surface area contributed by atoms with Crippen LogP contribution in [-0.2, 0) is 15.1 Å². The molecule has 3 aliphatic carbocycles. The molecule has 2 heterocycles. The average Bonchev–Trinajstić information content (AvgIpc) is 3.44. The Balaban J connectivity index is 1.63. The summed E-state index contributed by atoms with van der Waals surface area (Å²) in [5, 5.41) is 13.5. The summed E-state index contributed by atoms with van der Waals surface area (Å²) in [6.07, 6.45) is 5.67. The first kappa shape index (κ1) is 22.0. The molecule has 0 spiro atoms. The Morgan fingerprint density at radius 1 is 1.24 bits per heavy atom. The van der Waals surface area contributed by atoms with Crippen LogP contribution in [0.15, 0.2) is 35.6 Å². The summed E-state index contributed by atoms with van der Waals surface area (Å²) in [4.78, 5) is 8.57. The molecule has 13 heteroatoms. The van der Waals surface area contributed by atoms with Gasteiger partial charge in [0.15, 0.2) is 11.5 Å². The van der Waals surface area contributed by atoms with Gasteiger partial charge in [-0.2, -0.15) is 14.7 Å². The van der Waals surface area contributed by atoms with E-state index in [1.165, 1.54) is 10.6 Å². The van der Waals surface area contributed by atoms with Crippen LogP contribution < -0.4 is 5.73 Å². The van der Waals surface area contributed by atoms with E-state index in [4.69, 9.17) is 5.73 Å². The molecule has 3 fully saturated rings. The fraction of sp³-hybridized carbons (Fsp3) is 0.400. The number of imidazole rings is 1. The zero-order chi connectivity index (χ0) is 23.8. The summed E-state index contributed by atoms with van der Waals surface area (Å²) in [6.45, 7) is 0. The van der Waals surface area contributed by atoms with Crippen molar-refractivity contribution in [2.24, 2.45) is 5.41 Å². The second-order valence-corrected chi connectivity index (χ2v) is 12.4.